The van der Waals surface area contributed by atoms with Gasteiger partial charge in [-0.1, -0.05) is 11.6 Å². The van der Waals surface area contributed by atoms with Gasteiger partial charge in [-0.25, -0.2) is 0 Å². The van der Waals surface area contributed by atoms with E-state index in [2.05, 4.69) is 9.44 Å². The predicted octanol–water partition coefficient (Wildman–Crippen LogP) is 2.31. The fraction of sp³-hybridized carbons (Fsp3) is 0.778. The van der Waals surface area contributed by atoms with Crippen LogP contribution in [0.3, 0.4) is 0 Å². The Kier molecular flexibility index (Phi) is 4.56. The first-order chi connectivity index (χ1) is 8.28. The van der Waals surface area contributed by atoms with Gasteiger partial charge in [-0.05, 0) is 19.3 Å². The fourth-order valence-electron chi connectivity index (χ4n) is 1.66. The minimum atomic E-state index is -5.71. The Labute approximate surface area is 102 Å². The number of nitriles is 1. The average Bonchev–Trinajstić information content (AvgIpc) is 2.27. The molecular weight excluding hydrogens is 273 g/mol. The molecule has 9 heteroatoms. The van der Waals surface area contributed by atoms with Crippen LogP contribution in [0, 0.1) is 17.2 Å². The Morgan fingerprint density at radius 1 is 1.44 bits per heavy atom. The van der Waals surface area contributed by atoms with Gasteiger partial charge in [-0.15, -0.1) is 0 Å². The maximum absolute atomic E-state index is 12.0. The van der Waals surface area contributed by atoms with Crippen LogP contribution in [-0.2, 0) is 14.4 Å². The minimum Gasteiger partial charge on any atom is -0.262 e. The molecular formula is C9H11F3N2O3S. The first kappa shape index (κ1) is 14.8. The summed E-state index contributed by atoms with van der Waals surface area (Å²) in [4.78, 5) is 0. The first-order valence-electron chi connectivity index (χ1n) is 5.21. The van der Waals surface area contributed by atoms with Gasteiger partial charge >= 0.3 is 15.6 Å². The number of nitrogens with zero attached hydrogens (tertiary/aromatic N) is 2. The standard InChI is InChI=1S/C9H11F3N2O3S/c10-9(11,12)18(15,16)17-14-8-4-2-1-3-7(8)5-6-13/h7H,1-5H2/b14-8+. The highest BCUT2D eigenvalue weighted by atomic mass is 32.2. The van der Waals surface area contributed by atoms with Crippen LogP contribution in [0.1, 0.15) is 32.1 Å². The molecule has 18 heavy (non-hydrogen) atoms. The molecule has 5 nitrogen and oxygen atoms in total. The van der Waals surface area contributed by atoms with Gasteiger partial charge in [0.25, 0.3) is 0 Å². The number of halogens is 3. The molecule has 0 aromatic carbocycles. The van der Waals surface area contributed by atoms with Crippen LogP contribution in [0.2, 0.25) is 0 Å². The van der Waals surface area contributed by atoms with E-state index in [-0.39, 0.29) is 18.1 Å². The summed E-state index contributed by atoms with van der Waals surface area (Å²) < 4.78 is 60.9. The summed E-state index contributed by atoms with van der Waals surface area (Å²) >= 11 is 0. The summed E-state index contributed by atoms with van der Waals surface area (Å²) in [7, 11) is -5.71. The topological polar surface area (TPSA) is 79.5 Å². The molecule has 1 rings (SSSR count). The zero-order chi connectivity index (χ0) is 13.8. The van der Waals surface area contributed by atoms with E-state index in [1.54, 1.807) is 0 Å². The number of hydrogen-bond donors (Lipinski definition) is 0. The lowest BCUT2D eigenvalue weighted by atomic mass is 9.85. The van der Waals surface area contributed by atoms with E-state index in [0.717, 1.165) is 6.42 Å². The molecule has 102 valence electrons. The quantitative estimate of drug-likeness (QED) is 0.588. The van der Waals surface area contributed by atoms with Crippen molar-refractivity contribution >= 4 is 15.8 Å². The molecule has 1 fully saturated rings. The molecule has 0 amide bonds. The van der Waals surface area contributed by atoms with Crippen LogP contribution in [0.4, 0.5) is 13.2 Å². The number of oxime groups is 1. The van der Waals surface area contributed by atoms with E-state index in [1.807, 2.05) is 6.07 Å². The Bertz CT molecular complexity index is 464. The smallest absolute Gasteiger partial charge is 0.262 e. The van der Waals surface area contributed by atoms with Crippen molar-refractivity contribution in [1.82, 2.24) is 0 Å². The van der Waals surface area contributed by atoms with Crippen molar-refractivity contribution in [1.29, 1.82) is 5.26 Å². The van der Waals surface area contributed by atoms with E-state index in [9.17, 15) is 21.6 Å². The Morgan fingerprint density at radius 2 is 2.11 bits per heavy atom. The molecule has 0 bridgehead atoms. The van der Waals surface area contributed by atoms with Crippen LogP contribution >= 0.6 is 0 Å². The third-order valence-electron chi connectivity index (χ3n) is 2.58. The lowest BCUT2D eigenvalue weighted by molar-refractivity contribution is -0.0541. The van der Waals surface area contributed by atoms with Crippen molar-refractivity contribution in [3.05, 3.63) is 0 Å². The highest BCUT2D eigenvalue weighted by molar-refractivity contribution is 7.87. The van der Waals surface area contributed by atoms with E-state index in [4.69, 9.17) is 5.26 Å². The molecule has 1 aliphatic carbocycles. The van der Waals surface area contributed by atoms with Crippen molar-refractivity contribution in [3.63, 3.8) is 0 Å². The largest absolute Gasteiger partial charge is 0.536 e. The van der Waals surface area contributed by atoms with Gasteiger partial charge in [0.05, 0.1) is 11.8 Å². The highest BCUT2D eigenvalue weighted by Crippen LogP contribution is 2.27. The summed E-state index contributed by atoms with van der Waals surface area (Å²) in [5, 5.41) is 11.6. The maximum atomic E-state index is 12.0. The third kappa shape index (κ3) is 3.60. The van der Waals surface area contributed by atoms with Crippen molar-refractivity contribution < 1.29 is 25.9 Å². The number of alkyl halides is 3. The van der Waals surface area contributed by atoms with Crippen molar-refractivity contribution in [2.45, 2.75) is 37.6 Å². The molecule has 1 atom stereocenters. The van der Waals surface area contributed by atoms with Crippen molar-refractivity contribution in [2.24, 2.45) is 11.1 Å². The lowest BCUT2D eigenvalue weighted by Gasteiger charge is -2.20. The molecule has 0 radical (unpaired) electrons. The van der Waals surface area contributed by atoms with Crippen LogP contribution in [-0.4, -0.2) is 19.6 Å². The molecule has 1 unspecified atom stereocenters. The van der Waals surface area contributed by atoms with Gasteiger partial charge < -0.3 is 0 Å². The van der Waals surface area contributed by atoms with E-state index >= 15 is 0 Å². The SMILES string of the molecule is N#CCC1CCCC/C1=N\OS(=O)(=O)C(F)(F)F. The number of hydrogen-bond acceptors (Lipinski definition) is 5. The zero-order valence-electron chi connectivity index (χ0n) is 9.27. The molecule has 0 heterocycles. The molecule has 0 saturated heterocycles. The predicted molar refractivity (Wildman–Crippen MR) is 55.7 cm³/mol. The molecule has 0 spiro atoms. The minimum absolute atomic E-state index is 0.0915. The number of rotatable bonds is 3. The van der Waals surface area contributed by atoms with Crippen molar-refractivity contribution in [2.75, 3.05) is 0 Å². The highest BCUT2D eigenvalue weighted by Gasteiger charge is 2.49. The first-order valence-corrected chi connectivity index (χ1v) is 6.62. The summed E-state index contributed by atoms with van der Waals surface area (Å²) in [6.07, 6.45) is 2.56. The normalized spacial score (nSPS) is 23.7. The van der Waals surface area contributed by atoms with E-state index in [1.165, 1.54) is 0 Å². The molecule has 1 saturated carbocycles. The average molecular weight is 284 g/mol. The Hall–Kier alpha value is -1.30. The molecule has 0 aromatic heterocycles. The molecule has 0 aliphatic heterocycles. The molecule has 1 aliphatic rings. The van der Waals surface area contributed by atoms with Crippen LogP contribution in [0.25, 0.3) is 0 Å². The van der Waals surface area contributed by atoms with Crippen LogP contribution < -0.4 is 0 Å². The van der Waals surface area contributed by atoms with Gasteiger partial charge in [0, 0.05) is 12.3 Å². The van der Waals surface area contributed by atoms with Crippen LogP contribution in [0.15, 0.2) is 5.16 Å². The van der Waals surface area contributed by atoms with Gasteiger partial charge in [-0.2, -0.15) is 26.9 Å². The summed E-state index contributed by atoms with van der Waals surface area (Å²) in [5.74, 6) is -0.327. The monoisotopic (exact) mass is 284 g/mol. The summed E-state index contributed by atoms with van der Waals surface area (Å²) in [6, 6.07) is 1.89. The van der Waals surface area contributed by atoms with Gasteiger partial charge in [-0.3, -0.25) is 4.28 Å². The Balaban J connectivity index is 2.80. The van der Waals surface area contributed by atoms with Gasteiger partial charge in [0.2, 0.25) is 0 Å². The summed E-state index contributed by atoms with van der Waals surface area (Å²) in [6.45, 7) is 0. The molecule has 0 N–H and O–H groups in total. The van der Waals surface area contributed by atoms with Crippen LogP contribution in [0.5, 0.6) is 0 Å². The second-order valence-electron chi connectivity index (χ2n) is 3.86. The molecule has 0 aromatic rings. The third-order valence-corrected chi connectivity index (χ3v) is 3.42. The zero-order valence-corrected chi connectivity index (χ0v) is 10.1. The van der Waals surface area contributed by atoms with Crippen molar-refractivity contribution in [3.8, 4) is 6.07 Å². The van der Waals surface area contributed by atoms with Gasteiger partial charge in [0.15, 0.2) is 0 Å². The summed E-state index contributed by atoms with van der Waals surface area (Å²) in [5.41, 5.74) is -5.29. The fourth-order valence-corrected chi connectivity index (χ4v) is 1.94. The second kappa shape index (κ2) is 5.56. The second-order valence-corrected chi connectivity index (χ2v) is 5.38. The van der Waals surface area contributed by atoms with E-state index < -0.39 is 15.6 Å². The van der Waals surface area contributed by atoms with E-state index in [0.29, 0.717) is 19.3 Å². The maximum Gasteiger partial charge on any atom is 0.536 e. The lowest BCUT2D eigenvalue weighted by Crippen LogP contribution is -2.26. The Morgan fingerprint density at radius 3 is 2.67 bits per heavy atom. The van der Waals surface area contributed by atoms with Gasteiger partial charge in [0.1, 0.15) is 0 Å².